The van der Waals surface area contributed by atoms with E-state index in [4.69, 9.17) is 11.6 Å². The molecule has 4 rings (SSSR count). The number of benzene rings is 1. The van der Waals surface area contributed by atoms with Gasteiger partial charge in [-0.05, 0) is 37.2 Å². The topological polar surface area (TPSA) is 61.4 Å². The van der Waals surface area contributed by atoms with E-state index in [1.54, 1.807) is 18.5 Å². The number of carbonyl (C=O) groups is 1. The number of fused-ring (bicyclic) bond motifs is 1. The van der Waals surface area contributed by atoms with Crippen LogP contribution in [0.3, 0.4) is 0 Å². The third kappa shape index (κ3) is 3.70. The number of likely N-dealkylation sites (N-methyl/N-ethyl adjacent to an activating group) is 1. The van der Waals surface area contributed by atoms with E-state index in [9.17, 15) is 4.79 Å². The molecular weight excluding hydrogens is 394 g/mol. The summed E-state index contributed by atoms with van der Waals surface area (Å²) >= 11 is 7.43. The second-order valence-electron chi connectivity index (χ2n) is 6.82. The smallest absolute Gasteiger partial charge is 0.266 e. The predicted octanol–water partition coefficient (Wildman–Crippen LogP) is 4.05. The van der Waals surface area contributed by atoms with Gasteiger partial charge in [-0.25, -0.2) is 9.97 Å². The minimum Gasteiger partial charge on any atom is -0.353 e. The summed E-state index contributed by atoms with van der Waals surface area (Å²) in [4.78, 5) is 28.1. The number of nitrogens with zero attached hydrogens (tertiary/aromatic N) is 4. The Bertz CT molecular complexity index is 1010. The lowest BCUT2D eigenvalue weighted by atomic mass is 10.1. The Balaban J connectivity index is 1.64. The minimum atomic E-state index is -0.149. The van der Waals surface area contributed by atoms with Crippen molar-refractivity contribution >= 4 is 50.6 Å². The van der Waals surface area contributed by atoms with Crippen LogP contribution in [0, 0.1) is 6.92 Å². The molecule has 8 heteroatoms. The number of aromatic nitrogens is 2. The molecule has 146 valence electrons. The van der Waals surface area contributed by atoms with Crippen LogP contribution in [0.5, 0.6) is 0 Å². The van der Waals surface area contributed by atoms with Crippen molar-refractivity contribution in [1.29, 1.82) is 0 Å². The van der Waals surface area contributed by atoms with Crippen molar-refractivity contribution < 1.29 is 4.79 Å². The average molecular weight is 416 g/mol. The molecule has 0 atom stereocenters. The first-order valence-electron chi connectivity index (χ1n) is 9.35. The van der Waals surface area contributed by atoms with E-state index in [0.29, 0.717) is 15.6 Å². The van der Waals surface area contributed by atoms with Gasteiger partial charge in [0.25, 0.3) is 5.91 Å². The Morgan fingerprint density at radius 1 is 1.25 bits per heavy atom. The zero-order valence-corrected chi connectivity index (χ0v) is 17.5. The van der Waals surface area contributed by atoms with Crippen molar-refractivity contribution in [1.82, 2.24) is 14.9 Å². The summed E-state index contributed by atoms with van der Waals surface area (Å²) in [5.41, 5.74) is 1.60. The van der Waals surface area contributed by atoms with Crippen molar-refractivity contribution in [3.63, 3.8) is 0 Å². The zero-order chi connectivity index (χ0) is 19.7. The molecule has 0 spiro atoms. The summed E-state index contributed by atoms with van der Waals surface area (Å²) in [7, 11) is 0. The van der Waals surface area contributed by atoms with Gasteiger partial charge in [-0.1, -0.05) is 24.6 Å². The van der Waals surface area contributed by atoms with Crippen molar-refractivity contribution in [2.75, 3.05) is 42.9 Å². The number of nitrogens with one attached hydrogen (secondary N) is 1. The summed E-state index contributed by atoms with van der Waals surface area (Å²) in [5, 5.41) is 4.50. The average Bonchev–Trinajstić information content (AvgIpc) is 3.05. The van der Waals surface area contributed by atoms with Gasteiger partial charge in [0.1, 0.15) is 17.0 Å². The Morgan fingerprint density at radius 3 is 2.75 bits per heavy atom. The molecule has 2 aromatic heterocycles. The van der Waals surface area contributed by atoms with Crippen LogP contribution in [0.1, 0.15) is 22.2 Å². The fourth-order valence-electron chi connectivity index (χ4n) is 3.54. The Hall–Kier alpha value is -2.22. The maximum absolute atomic E-state index is 12.9. The zero-order valence-electron chi connectivity index (χ0n) is 15.9. The van der Waals surface area contributed by atoms with E-state index in [1.807, 2.05) is 19.1 Å². The van der Waals surface area contributed by atoms with Gasteiger partial charge in [0, 0.05) is 36.9 Å². The summed E-state index contributed by atoms with van der Waals surface area (Å²) in [6.45, 7) is 9.13. The summed E-state index contributed by atoms with van der Waals surface area (Å²) in [6, 6.07) is 7.16. The molecule has 1 fully saturated rings. The molecule has 6 nitrogen and oxygen atoms in total. The van der Waals surface area contributed by atoms with E-state index in [2.05, 4.69) is 32.0 Å². The lowest BCUT2D eigenvalue weighted by Crippen LogP contribution is -2.46. The van der Waals surface area contributed by atoms with Crippen LogP contribution in [-0.4, -0.2) is 53.5 Å². The van der Waals surface area contributed by atoms with Gasteiger partial charge in [-0.2, -0.15) is 0 Å². The highest BCUT2D eigenvalue weighted by Crippen LogP contribution is 2.35. The van der Waals surface area contributed by atoms with E-state index < -0.39 is 0 Å². The Morgan fingerprint density at radius 2 is 2.04 bits per heavy atom. The molecular formula is C20H22ClN5OS. The van der Waals surface area contributed by atoms with Crippen molar-refractivity contribution in [2.24, 2.45) is 0 Å². The highest BCUT2D eigenvalue weighted by molar-refractivity contribution is 7.20. The molecule has 0 unspecified atom stereocenters. The van der Waals surface area contributed by atoms with Gasteiger partial charge in [0.05, 0.1) is 10.3 Å². The number of carbonyl (C=O) groups excluding carboxylic acids is 1. The van der Waals surface area contributed by atoms with Crippen molar-refractivity contribution in [3.8, 4) is 0 Å². The summed E-state index contributed by atoms with van der Waals surface area (Å²) < 4.78 is 0. The van der Waals surface area contributed by atoms with Crippen LogP contribution < -0.4 is 10.2 Å². The third-order valence-corrected chi connectivity index (χ3v) is 6.55. The summed E-state index contributed by atoms with van der Waals surface area (Å²) in [6.07, 6.45) is 1.60. The predicted molar refractivity (Wildman–Crippen MR) is 116 cm³/mol. The number of rotatable bonds is 4. The molecule has 28 heavy (non-hydrogen) atoms. The second kappa shape index (κ2) is 8.03. The van der Waals surface area contributed by atoms with Crippen LogP contribution in [0.15, 0.2) is 30.6 Å². The number of thiophene rings is 1. The van der Waals surface area contributed by atoms with E-state index in [0.717, 1.165) is 54.3 Å². The van der Waals surface area contributed by atoms with Crippen LogP contribution >= 0.6 is 22.9 Å². The summed E-state index contributed by atoms with van der Waals surface area (Å²) in [5.74, 6) is 0.779. The molecule has 0 aliphatic carbocycles. The first kappa shape index (κ1) is 19.1. The largest absolute Gasteiger partial charge is 0.353 e. The molecule has 1 amide bonds. The number of piperazine rings is 1. The quantitative estimate of drug-likeness (QED) is 0.696. The maximum atomic E-state index is 12.9. The van der Waals surface area contributed by atoms with E-state index in [-0.39, 0.29) is 5.91 Å². The number of anilines is 2. The van der Waals surface area contributed by atoms with Crippen LogP contribution in [0.2, 0.25) is 5.02 Å². The number of hydrogen-bond donors (Lipinski definition) is 1. The van der Waals surface area contributed by atoms with Crippen molar-refractivity contribution in [3.05, 3.63) is 46.1 Å². The molecule has 3 heterocycles. The van der Waals surface area contributed by atoms with E-state index >= 15 is 0 Å². The fraction of sp³-hybridized carbons (Fsp3) is 0.350. The van der Waals surface area contributed by atoms with Crippen LogP contribution in [0.25, 0.3) is 10.2 Å². The lowest BCUT2D eigenvalue weighted by Gasteiger charge is -2.35. The molecule has 1 aromatic carbocycles. The molecule has 0 bridgehead atoms. The third-order valence-electron chi connectivity index (χ3n) is 5.11. The normalized spacial score (nSPS) is 15.2. The minimum absolute atomic E-state index is 0.149. The number of halogens is 1. The monoisotopic (exact) mass is 415 g/mol. The maximum Gasteiger partial charge on any atom is 0.266 e. The molecule has 1 saturated heterocycles. The molecule has 0 radical (unpaired) electrons. The first-order chi connectivity index (χ1) is 13.6. The Kier molecular flexibility index (Phi) is 5.48. The second-order valence-corrected chi connectivity index (χ2v) is 8.25. The lowest BCUT2D eigenvalue weighted by molar-refractivity contribution is 0.103. The molecule has 1 aliphatic heterocycles. The first-order valence-corrected chi connectivity index (χ1v) is 10.5. The number of aryl methyl sites for hydroxylation is 1. The SMILES string of the molecule is CCN1CCN(c2ncnc3sc(C(=O)Nc4cccc(Cl)c4)c(C)c23)CC1. The highest BCUT2D eigenvalue weighted by Gasteiger charge is 2.24. The molecule has 1 N–H and O–H groups in total. The van der Waals surface area contributed by atoms with E-state index in [1.165, 1.54) is 11.3 Å². The van der Waals surface area contributed by atoms with Crippen molar-refractivity contribution in [2.45, 2.75) is 13.8 Å². The standard InChI is InChI=1S/C20H22ClN5OS/c1-3-25-7-9-26(10-8-25)18-16-13(2)17(28-20(16)23-12-22-18)19(27)24-15-6-4-5-14(21)11-15/h4-6,11-12H,3,7-10H2,1-2H3,(H,24,27). The van der Waals surface area contributed by atoms with Gasteiger partial charge in [-0.15, -0.1) is 11.3 Å². The van der Waals surface area contributed by atoms with Crippen LogP contribution in [0.4, 0.5) is 11.5 Å². The van der Waals surface area contributed by atoms with Gasteiger partial charge < -0.3 is 15.1 Å². The van der Waals surface area contributed by atoms with Gasteiger partial charge in [0.15, 0.2) is 0 Å². The highest BCUT2D eigenvalue weighted by atomic mass is 35.5. The number of hydrogen-bond acceptors (Lipinski definition) is 6. The van der Waals surface area contributed by atoms with Gasteiger partial charge in [-0.3, -0.25) is 4.79 Å². The fourth-order valence-corrected chi connectivity index (χ4v) is 4.77. The van der Waals surface area contributed by atoms with Gasteiger partial charge >= 0.3 is 0 Å². The van der Waals surface area contributed by atoms with Crippen LogP contribution in [-0.2, 0) is 0 Å². The molecule has 1 aliphatic rings. The Labute approximate surface area is 173 Å². The molecule has 0 saturated carbocycles. The van der Waals surface area contributed by atoms with Gasteiger partial charge in [0.2, 0.25) is 0 Å². The molecule has 3 aromatic rings. The number of amides is 1.